The van der Waals surface area contributed by atoms with Crippen molar-refractivity contribution >= 4 is 39.2 Å². The van der Waals surface area contributed by atoms with Crippen molar-refractivity contribution < 1.29 is 18.4 Å². The van der Waals surface area contributed by atoms with Gasteiger partial charge in [0.15, 0.2) is 5.13 Å². The Morgan fingerprint density at radius 3 is 2.63 bits per heavy atom. The molecule has 0 aliphatic carbocycles. The van der Waals surface area contributed by atoms with Crippen LogP contribution in [0.2, 0.25) is 0 Å². The lowest BCUT2D eigenvalue weighted by atomic mass is 10.1. The molecule has 2 heterocycles. The number of carbonyl (C=O) groups is 2. The maximum absolute atomic E-state index is 13.2. The zero-order valence-corrected chi connectivity index (χ0v) is 16.6. The summed E-state index contributed by atoms with van der Waals surface area (Å²) in [6.07, 6.45) is 0. The fourth-order valence-electron chi connectivity index (χ4n) is 3.16. The van der Waals surface area contributed by atoms with Crippen LogP contribution in [0.25, 0.3) is 22.2 Å². The number of amides is 2. The van der Waals surface area contributed by atoms with Crippen molar-refractivity contribution in [2.24, 2.45) is 0 Å². The highest BCUT2D eigenvalue weighted by Crippen LogP contribution is 2.33. The summed E-state index contributed by atoms with van der Waals surface area (Å²) in [4.78, 5) is 31.9. The molecule has 0 unspecified atom stereocenters. The highest BCUT2D eigenvalue weighted by atomic mass is 32.1. The van der Waals surface area contributed by atoms with Crippen molar-refractivity contribution in [3.05, 3.63) is 70.7 Å². The van der Waals surface area contributed by atoms with Gasteiger partial charge in [-0.25, -0.2) is 13.8 Å². The smallest absolute Gasteiger partial charge is 0.251 e. The number of anilines is 1. The Morgan fingerprint density at radius 2 is 1.87 bits per heavy atom. The van der Waals surface area contributed by atoms with Gasteiger partial charge in [-0.05, 0) is 25.1 Å². The summed E-state index contributed by atoms with van der Waals surface area (Å²) in [6.45, 7) is 1.59. The number of hydrogen-bond donors (Lipinski definition) is 3. The monoisotopic (exact) mass is 426 g/mol. The zero-order chi connectivity index (χ0) is 21.3. The Bertz CT molecular complexity index is 1240. The number of halogens is 2. The summed E-state index contributed by atoms with van der Waals surface area (Å²) in [5.74, 6) is -2.99. The number of nitrogens with one attached hydrogen (secondary N) is 3. The number of rotatable bonds is 5. The van der Waals surface area contributed by atoms with Gasteiger partial charge in [-0.1, -0.05) is 18.2 Å². The van der Waals surface area contributed by atoms with Crippen LogP contribution < -0.4 is 10.6 Å². The molecule has 30 heavy (non-hydrogen) atoms. The van der Waals surface area contributed by atoms with Crippen LogP contribution in [0, 0.1) is 18.6 Å². The first-order valence-corrected chi connectivity index (χ1v) is 9.86. The normalized spacial score (nSPS) is 10.9. The number of aromatic nitrogens is 2. The number of nitrogens with zero attached hydrogens (tertiary/aromatic N) is 1. The molecule has 0 radical (unpaired) electrons. The number of thiazole rings is 1. The van der Waals surface area contributed by atoms with Crippen molar-refractivity contribution in [1.82, 2.24) is 15.3 Å². The van der Waals surface area contributed by atoms with E-state index in [0.717, 1.165) is 40.0 Å². The van der Waals surface area contributed by atoms with E-state index in [1.165, 1.54) is 11.3 Å². The Balaban J connectivity index is 1.42. The summed E-state index contributed by atoms with van der Waals surface area (Å²) < 4.78 is 26.4. The minimum absolute atomic E-state index is 0.202. The molecule has 0 atom stereocenters. The highest BCUT2D eigenvalue weighted by molar-refractivity contribution is 7.14. The summed E-state index contributed by atoms with van der Waals surface area (Å²) in [6, 6.07) is 10.3. The predicted octanol–water partition coefficient (Wildman–Crippen LogP) is 4.25. The molecule has 152 valence electrons. The number of fused-ring (bicyclic) bond motifs is 1. The molecule has 9 heteroatoms. The van der Waals surface area contributed by atoms with E-state index in [4.69, 9.17) is 0 Å². The number of aryl methyl sites for hydroxylation is 1. The van der Waals surface area contributed by atoms with E-state index in [1.807, 2.05) is 36.6 Å². The van der Waals surface area contributed by atoms with E-state index >= 15 is 0 Å². The second kappa shape index (κ2) is 8.03. The first kappa shape index (κ1) is 19.7. The van der Waals surface area contributed by atoms with Gasteiger partial charge in [-0.2, -0.15) is 0 Å². The van der Waals surface area contributed by atoms with Gasteiger partial charge in [-0.15, -0.1) is 11.3 Å². The van der Waals surface area contributed by atoms with Gasteiger partial charge in [0.2, 0.25) is 5.91 Å². The average Bonchev–Trinajstić information content (AvgIpc) is 3.28. The lowest BCUT2D eigenvalue weighted by molar-refractivity contribution is -0.115. The third-order valence-corrected chi connectivity index (χ3v) is 5.19. The van der Waals surface area contributed by atoms with Crippen LogP contribution in [0.1, 0.15) is 16.1 Å². The fraction of sp³-hybridized carbons (Fsp3) is 0.0952. The van der Waals surface area contributed by atoms with E-state index < -0.39 is 23.4 Å². The molecular formula is C21H16F2N4O2S. The summed E-state index contributed by atoms with van der Waals surface area (Å²) in [5.41, 5.74) is 3.45. The van der Waals surface area contributed by atoms with Crippen molar-refractivity contribution in [1.29, 1.82) is 0 Å². The molecule has 0 aliphatic heterocycles. The lowest BCUT2D eigenvalue weighted by Crippen LogP contribution is -2.32. The van der Waals surface area contributed by atoms with Crippen LogP contribution in [-0.4, -0.2) is 28.3 Å². The number of hydrogen-bond acceptors (Lipinski definition) is 4. The van der Waals surface area contributed by atoms with E-state index in [2.05, 4.69) is 20.6 Å². The van der Waals surface area contributed by atoms with Crippen LogP contribution in [0.3, 0.4) is 0 Å². The molecule has 4 rings (SSSR count). The SMILES string of the molecule is Cc1[nH]c2ccccc2c1-c1csc(NC(=O)CNC(=O)c2cc(F)cc(F)c2)n1. The van der Waals surface area contributed by atoms with Crippen LogP contribution in [-0.2, 0) is 4.79 Å². The number of benzene rings is 2. The Morgan fingerprint density at radius 1 is 1.13 bits per heavy atom. The van der Waals surface area contributed by atoms with E-state index in [1.54, 1.807) is 0 Å². The molecule has 0 aliphatic rings. The van der Waals surface area contributed by atoms with Crippen LogP contribution in [0.5, 0.6) is 0 Å². The van der Waals surface area contributed by atoms with E-state index in [9.17, 15) is 18.4 Å². The Hall–Kier alpha value is -3.59. The molecule has 0 saturated heterocycles. The molecule has 0 saturated carbocycles. The summed E-state index contributed by atoms with van der Waals surface area (Å²) in [5, 5.41) is 8.20. The van der Waals surface area contributed by atoms with Crippen molar-refractivity contribution in [2.45, 2.75) is 6.92 Å². The minimum Gasteiger partial charge on any atom is -0.358 e. The molecule has 6 nitrogen and oxygen atoms in total. The Kier molecular flexibility index (Phi) is 5.28. The molecule has 2 aromatic heterocycles. The molecule has 2 aromatic carbocycles. The first-order chi connectivity index (χ1) is 14.4. The average molecular weight is 426 g/mol. The molecular weight excluding hydrogens is 410 g/mol. The maximum Gasteiger partial charge on any atom is 0.251 e. The van der Waals surface area contributed by atoms with Gasteiger partial charge in [-0.3, -0.25) is 9.59 Å². The maximum atomic E-state index is 13.2. The molecule has 0 bridgehead atoms. The van der Waals surface area contributed by atoms with Gasteiger partial charge in [0.25, 0.3) is 5.91 Å². The second-order valence-electron chi connectivity index (χ2n) is 6.60. The lowest BCUT2D eigenvalue weighted by Gasteiger charge is -2.05. The third-order valence-electron chi connectivity index (χ3n) is 4.43. The standard InChI is InChI=1S/C21H16F2N4O2S/c1-11-19(15-4-2-3-5-16(15)25-11)17-10-30-21(26-17)27-18(28)9-24-20(29)12-6-13(22)8-14(23)7-12/h2-8,10,25H,9H2,1H3,(H,24,29)(H,26,27,28). The van der Waals surface area contributed by atoms with Crippen LogP contribution in [0.15, 0.2) is 47.8 Å². The van der Waals surface area contributed by atoms with E-state index in [-0.39, 0.29) is 12.1 Å². The largest absolute Gasteiger partial charge is 0.358 e. The molecule has 4 aromatic rings. The molecule has 2 amide bonds. The minimum atomic E-state index is -0.868. The van der Waals surface area contributed by atoms with Gasteiger partial charge in [0.1, 0.15) is 11.6 Å². The van der Waals surface area contributed by atoms with Gasteiger partial charge >= 0.3 is 0 Å². The molecule has 3 N–H and O–H groups in total. The van der Waals surface area contributed by atoms with Crippen molar-refractivity contribution in [2.75, 3.05) is 11.9 Å². The van der Waals surface area contributed by atoms with Gasteiger partial charge < -0.3 is 15.6 Å². The van der Waals surface area contributed by atoms with Crippen LogP contribution >= 0.6 is 11.3 Å². The Labute approximate surface area is 174 Å². The second-order valence-corrected chi connectivity index (χ2v) is 7.46. The third kappa shape index (κ3) is 4.06. The highest BCUT2D eigenvalue weighted by Gasteiger charge is 2.15. The summed E-state index contributed by atoms with van der Waals surface area (Å²) >= 11 is 1.26. The quantitative estimate of drug-likeness (QED) is 0.446. The van der Waals surface area contributed by atoms with E-state index in [0.29, 0.717) is 11.2 Å². The van der Waals surface area contributed by atoms with Gasteiger partial charge in [0, 0.05) is 39.2 Å². The zero-order valence-electron chi connectivity index (χ0n) is 15.8. The predicted molar refractivity (Wildman–Crippen MR) is 111 cm³/mol. The molecule has 0 fully saturated rings. The topological polar surface area (TPSA) is 86.9 Å². The van der Waals surface area contributed by atoms with Crippen LogP contribution in [0.4, 0.5) is 13.9 Å². The number of para-hydroxylation sites is 1. The fourth-order valence-corrected chi connectivity index (χ4v) is 3.88. The van der Waals surface area contributed by atoms with Crippen molar-refractivity contribution in [3.8, 4) is 11.3 Å². The van der Waals surface area contributed by atoms with Gasteiger partial charge in [0.05, 0.1) is 12.2 Å². The van der Waals surface area contributed by atoms with Crippen molar-refractivity contribution in [3.63, 3.8) is 0 Å². The number of aromatic amines is 1. The summed E-state index contributed by atoms with van der Waals surface area (Å²) in [7, 11) is 0. The first-order valence-electron chi connectivity index (χ1n) is 8.98. The number of H-pyrrole nitrogens is 1. The number of carbonyl (C=O) groups excluding carboxylic acids is 2. The molecule has 0 spiro atoms.